The normalized spacial score (nSPS) is 15.9. The largest absolute Gasteiger partial charge is 0.378 e. The highest BCUT2D eigenvalue weighted by atomic mass is 35.5. The number of nitrogens with zero attached hydrogens (tertiary/aromatic N) is 4. The fourth-order valence-corrected chi connectivity index (χ4v) is 1.30. The average molecular weight is 233 g/mol. The molecular formula is C7H13ClN6O. The maximum absolute atomic E-state index is 5.47. The number of morpholine rings is 1. The number of halogens is 1. The zero-order chi connectivity index (χ0) is 9.97. The molecule has 1 saturated heterocycles. The Bertz CT molecular complexity index is 309. The van der Waals surface area contributed by atoms with Crippen LogP contribution in [0.1, 0.15) is 0 Å². The molecule has 7 nitrogen and oxygen atoms in total. The minimum absolute atomic E-state index is 0. The summed E-state index contributed by atoms with van der Waals surface area (Å²) in [7, 11) is 0. The van der Waals surface area contributed by atoms with Gasteiger partial charge in [0.15, 0.2) is 0 Å². The summed E-state index contributed by atoms with van der Waals surface area (Å²) < 4.78 is 5.21. The van der Waals surface area contributed by atoms with Crippen LogP contribution >= 0.6 is 12.4 Å². The second-order valence-electron chi connectivity index (χ2n) is 2.95. The molecular weight excluding hydrogens is 220 g/mol. The predicted octanol–water partition coefficient (Wildman–Crippen LogP) is -0.706. The molecule has 0 bridgehead atoms. The Morgan fingerprint density at radius 2 is 1.53 bits per heavy atom. The summed E-state index contributed by atoms with van der Waals surface area (Å²) in [5, 5.41) is 0. The molecule has 2 rings (SSSR count). The van der Waals surface area contributed by atoms with Gasteiger partial charge in [-0.15, -0.1) is 12.4 Å². The molecule has 1 aromatic heterocycles. The molecule has 0 spiro atoms. The highest BCUT2D eigenvalue weighted by Gasteiger charge is 2.14. The summed E-state index contributed by atoms with van der Waals surface area (Å²) in [4.78, 5) is 13.7. The first-order valence-electron chi connectivity index (χ1n) is 4.35. The molecule has 0 unspecified atom stereocenters. The minimum atomic E-state index is 0. The monoisotopic (exact) mass is 232 g/mol. The number of anilines is 3. The summed E-state index contributed by atoms with van der Waals surface area (Å²) in [5.74, 6) is 0.830. The quantitative estimate of drug-likeness (QED) is 0.660. The van der Waals surface area contributed by atoms with Crippen LogP contribution in [0, 0.1) is 0 Å². The van der Waals surface area contributed by atoms with Crippen molar-refractivity contribution in [2.75, 3.05) is 42.7 Å². The van der Waals surface area contributed by atoms with Gasteiger partial charge in [-0.05, 0) is 0 Å². The van der Waals surface area contributed by atoms with Crippen molar-refractivity contribution in [1.82, 2.24) is 15.0 Å². The lowest BCUT2D eigenvalue weighted by Gasteiger charge is -2.26. The van der Waals surface area contributed by atoms with E-state index >= 15 is 0 Å². The zero-order valence-electron chi connectivity index (χ0n) is 8.09. The van der Waals surface area contributed by atoms with Crippen LogP contribution < -0.4 is 16.4 Å². The van der Waals surface area contributed by atoms with Gasteiger partial charge in [0, 0.05) is 13.1 Å². The summed E-state index contributed by atoms with van der Waals surface area (Å²) in [5.41, 5.74) is 10.9. The number of hydrogen-bond acceptors (Lipinski definition) is 7. The van der Waals surface area contributed by atoms with Gasteiger partial charge in [0.25, 0.3) is 0 Å². The van der Waals surface area contributed by atoms with Gasteiger partial charge in [0.2, 0.25) is 17.8 Å². The number of hydrogen-bond donors (Lipinski definition) is 2. The lowest BCUT2D eigenvalue weighted by Crippen LogP contribution is -2.37. The molecule has 4 N–H and O–H groups in total. The Morgan fingerprint density at radius 1 is 1.00 bits per heavy atom. The second kappa shape index (κ2) is 4.94. The third kappa shape index (κ3) is 2.80. The van der Waals surface area contributed by atoms with Crippen LogP contribution in [-0.4, -0.2) is 41.3 Å². The highest BCUT2D eigenvalue weighted by Crippen LogP contribution is 2.11. The Labute approximate surface area is 93.3 Å². The number of nitrogen functional groups attached to an aromatic ring is 2. The highest BCUT2D eigenvalue weighted by molar-refractivity contribution is 5.85. The van der Waals surface area contributed by atoms with Crippen LogP contribution in [-0.2, 0) is 4.74 Å². The molecule has 1 aromatic rings. The molecule has 0 saturated carbocycles. The smallest absolute Gasteiger partial charge is 0.232 e. The summed E-state index contributed by atoms with van der Waals surface area (Å²) in [6, 6.07) is 0. The van der Waals surface area contributed by atoms with Crippen molar-refractivity contribution in [3.63, 3.8) is 0 Å². The fourth-order valence-electron chi connectivity index (χ4n) is 1.30. The zero-order valence-corrected chi connectivity index (χ0v) is 8.90. The van der Waals surface area contributed by atoms with Crippen molar-refractivity contribution in [1.29, 1.82) is 0 Å². The predicted molar refractivity (Wildman–Crippen MR) is 58.9 cm³/mol. The number of aromatic nitrogens is 3. The van der Waals surface area contributed by atoms with E-state index in [1.807, 2.05) is 4.90 Å². The fraction of sp³-hybridized carbons (Fsp3) is 0.571. The van der Waals surface area contributed by atoms with Gasteiger partial charge in [0.1, 0.15) is 0 Å². The maximum Gasteiger partial charge on any atom is 0.232 e. The standard InChI is InChI=1S/C7H12N6O.ClH/c8-5-10-6(9)12-7(11-5)13-1-3-14-4-2-13;/h1-4H2,(H4,8,9,10,11,12);1H. The number of ether oxygens (including phenoxy) is 1. The third-order valence-electron chi connectivity index (χ3n) is 1.95. The lowest BCUT2D eigenvalue weighted by molar-refractivity contribution is 0.122. The van der Waals surface area contributed by atoms with Gasteiger partial charge in [-0.1, -0.05) is 0 Å². The van der Waals surface area contributed by atoms with E-state index in [-0.39, 0.29) is 24.3 Å². The van der Waals surface area contributed by atoms with E-state index in [1.165, 1.54) is 0 Å². The first-order valence-corrected chi connectivity index (χ1v) is 4.35. The SMILES string of the molecule is Cl.Nc1nc(N)nc(N2CCOCC2)n1. The molecule has 84 valence electrons. The maximum atomic E-state index is 5.47. The Morgan fingerprint density at radius 3 is 2.07 bits per heavy atom. The van der Waals surface area contributed by atoms with E-state index in [4.69, 9.17) is 16.2 Å². The van der Waals surface area contributed by atoms with Crippen molar-refractivity contribution in [3.05, 3.63) is 0 Å². The van der Waals surface area contributed by atoms with Crippen LogP contribution in [0.2, 0.25) is 0 Å². The van der Waals surface area contributed by atoms with Crippen LogP contribution in [0.3, 0.4) is 0 Å². The van der Waals surface area contributed by atoms with E-state index < -0.39 is 0 Å². The van der Waals surface area contributed by atoms with Crippen molar-refractivity contribution in [3.8, 4) is 0 Å². The lowest BCUT2D eigenvalue weighted by atomic mass is 10.4. The van der Waals surface area contributed by atoms with Gasteiger partial charge in [-0.25, -0.2) is 0 Å². The van der Waals surface area contributed by atoms with E-state index in [2.05, 4.69) is 15.0 Å². The van der Waals surface area contributed by atoms with E-state index in [0.29, 0.717) is 19.2 Å². The van der Waals surface area contributed by atoms with Gasteiger partial charge in [-0.2, -0.15) is 15.0 Å². The van der Waals surface area contributed by atoms with Gasteiger partial charge >= 0.3 is 0 Å². The van der Waals surface area contributed by atoms with Gasteiger partial charge in [0.05, 0.1) is 13.2 Å². The van der Waals surface area contributed by atoms with E-state index in [1.54, 1.807) is 0 Å². The van der Waals surface area contributed by atoms with Gasteiger partial charge in [-0.3, -0.25) is 0 Å². The first kappa shape index (κ1) is 11.7. The van der Waals surface area contributed by atoms with E-state index in [0.717, 1.165) is 13.1 Å². The van der Waals surface area contributed by atoms with Crippen LogP contribution in [0.5, 0.6) is 0 Å². The molecule has 1 aliphatic heterocycles. The van der Waals surface area contributed by atoms with Crippen molar-refractivity contribution in [2.45, 2.75) is 0 Å². The van der Waals surface area contributed by atoms with Crippen LogP contribution in [0.4, 0.5) is 17.8 Å². The molecule has 1 aliphatic rings. The molecule has 2 heterocycles. The average Bonchev–Trinajstić information content (AvgIpc) is 2.18. The van der Waals surface area contributed by atoms with Crippen molar-refractivity contribution in [2.24, 2.45) is 0 Å². The van der Waals surface area contributed by atoms with Crippen LogP contribution in [0.25, 0.3) is 0 Å². The summed E-state index contributed by atoms with van der Waals surface area (Å²) >= 11 is 0. The summed E-state index contributed by atoms with van der Waals surface area (Å²) in [6.45, 7) is 2.85. The minimum Gasteiger partial charge on any atom is -0.378 e. The Kier molecular flexibility index (Phi) is 3.87. The molecule has 8 heteroatoms. The molecule has 1 fully saturated rings. The summed E-state index contributed by atoms with van der Waals surface area (Å²) in [6.07, 6.45) is 0. The van der Waals surface area contributed by atoms with Crippen LogP contribution in [0.15, 0.2) is 0 Å². The number of rotatable bonds is 1. The molecule has 15 heavy (non-hydrogen) atoms. The first-order chi connectivity index (χ1) is 6.75. The molecule has 0 amide bonds. The molecule has 0 radical (unpaired) electrons. The number of nitrogens with two attached hydrogens (primary N) is 2. The second-order valence-corrected chi connectivity index (χ2v) is 2.95. The van der Waals surface area contributed by atoms with Gasteiger partial charge < -0.3 is 21.1 Å². The molecule has 0 atom stereocenters. The molecule has 0 aromatic carbocycles. The topological polar surface area (TPSA) is 103 Å². The Hall–Kier alpha value is -1.34. The van der Waals surface area contributed by atoms with E-state index in [9.17, 15) is 0 Å². The third-order valence-corrected chi connectivity index (χ3v) is 1.95. The van der Waals surface area contributed by atoms with Crippen molar-refractivity contribution >= 4 is 30.3 Å². The Balaban J connectivity index is 0.00000112. The molecule has 0 aliphatic carbocycles. The van der Waals surface area contributed by atoms with Crippen molar-refractivity contribution < 1.29 is 4.74 Å².